The molecule has 14 heteroatoms. The summed E-state index contributed by atoms with van der Waals surface area (Å²) in [4.78, 5) is 38.3. The van der Waals surface area contributed by atoms with E-state index in [-0.39, 0.29) is 37.0 Å². The second-order valence-corrected chi connectivity index (χ2v) is 17.9. The molecule has 14 nitrogen and oxygen atoms in total. The van der Waals surface area contributed by atoms with E-state index in [0.717, 1.165) is 113 Å². The van der Waals surface area contributed by atoms with Gasteiger partial charge in [0.05, 0.1) is 39.0 Å². The number of ketones is 1. The molecule has 5 aliphatic rings. The lowest BCUT2D eigenvalue weighted by Crippen LogP contribution is -2.30. The fourth-order valence-corrected chi connectivity index (χ4v) is 9.95. The van der Waals surface area contributed by atoms with Crippen molar-refractivity contribution in [2.24, 2.45) is 0 Å². The van der Waals surface area contributed by atoms with Gasteiger partial charge >= 0.3 is 0 Å². The number of amides is 2. The van der Waals surface area contributed by atoms with E-state index in [9.17, 15) is 19.5 Å². The molecule has 65 heavy (non-hydrogen) atoms. The molecule has 2 aromatic carbocycles. The normalized spacial score (nSPS) is 19.0. The van der Waals surface area contributed by atoms with Gasteiger partial charge in [0.1, 0.15) is 11.5 Å². The number of aromatic nitrogens is 4. The van der Waals surface area contributed by atoms with Crippen LogP contribution in [-0.2, 0) is 35.2 Å². The van der Waals surface area contributed by atoms with Gasteiger partial charge in [-0.15, -0.1) is 0 Å². The maximum atomic E-state index is 12.9. The van der Waals surface area contributed by atoms with Gasteiger partial charge in [-0.05, 0) is 125 Å². The number of rotatable bonds is 13. The Labute approximate surface area is 384 Å². The quantitative estimate of drug-likeness (QED) is 0.111. The van der Waals surface area contributed by atoms with Gasteiger partial charge in [0.15, 0.2) is 23.5 Å². The van der Waals surface area contributed by atoms with Gasteiger partial charge in [0, 0.05) is 54.8 Å². The molecule has 2 unspecified atom stereocenters. The van der Waals surface area contributed by atoms with Crippen molar-refractivity contribution in [1.82, 2.24) is 30.2 Å². The van der Waals surface area contributed by atoms with E-state index in [4.69, 9.17) is 29.1 Å². The first kappa shape index (κ1) is 47.9. The molecule has 0 radical (unpaired) electrons. The van der Waals surface area contributed by atoms with E-state index < -0.39 is 6.10 Å². The zero-order valence-electron chi connectivity index (χ0n) is 38.8. The van der Waals surface area contributed by atoms with Crippen molar-refractivity contribution in [2.45, 2.75) is 153 Å². The number of ether oxygens (including phenoxy) is 4. The number of nitrogens with zero attached hydrogens (tertiary/aromatic N) is 4. The molecule has 9 rings (SSSR count). The zero-order valence-corrected chi connectivity index (χ0v) is 38.8. The molecule has 3 N–H and O–H groups in total. The van der Waals surface area contributed by atoms with Crippen LogP contribution >= 0.6 is 0 Å². The fourth-order valence-electron chi connectivity index (χ4n) is 9.95. The van der Waals surface area contributed by atoms with Gasteiger partial charge < -0.3 is 34.7 Å². The van der Waals surface area contributed by atoms with Crippen molar-refractivity contribution in [3.8, 4) is 11.5 Å². The van der Waals surface area contributed by atoms with E-state index in [2.05, 4.69) is 20.0 Å². The molecule has 2 atom stereocenters. The predicted molar refractivity (Wildman–Crippen MR) is 248 cm³/mol. The first-order valence-corrected chi connectivity index (χ1v) is 24.2. The molecule has 352 valence electrons. The molecule has 0 spiro atoms. The maximum Gasteiger partial charge on any atom is 0.272 e. The number of aliphatic hydroxyl groups excluding tert-OH is 1. The highest BCUT2D eigenvalue weighted by molar-refractivity contribution is 6.02. The summed E-state index contributed by atoms with van der Waals surface area (Å²) in [6, 6.07) is 15.0. The average molecular weight is 895 g/mol. The van der Waals surface area contributed by atoms with E-state index >= 15 is 0 Å². The van der Waals surface area contributed by atoms with Crippen LogP contribution in [0.2, 0.25) is 0 Å². The highest BCUT2D eigenvalue weighted by Crippen LogP contribution is 2.35. The predicted octanol–water partition coefficient (Wildman–Crippen LogP) is 8.40. The van der Waals surface area contributed by atoms with Crippen LogP contribution in [0.3, 0.4) is 0 Å². The molecule has 3 fully saturated rings. The van der Waals surface area contributed by atoms with E-state index in [0.29, 0.717) is 34.8 Å². The number of benzene rings is 2. The minimum absolute atomic E-state index is 0.0315. The monoisotopic (exact) mass is 895 g/mol. The van der Waals surface area contributed by atoms with Crippen LogP contribution in [0.4, 0.5) is 0 Å². The van der Waals surface area contributed by atoms with Crippen molar-refractivity contribution in [1.29, 1.82) is 0 Å². The lowest BCUT2D eigenvalue weighted by Gasteiger charge is -2.25. The maximum absolute atomic E-state index is 12.9. The van der Waals surface area contributed by atoms with Gasteiger partial charge in [0.2, 0.25) is 0 Å². The van der Waals surface area contributed by atoms with Crippen LogP contribution in [0, 0.1) is 0 Å². The van der Waals surface area contributed by atoms with Crippen LogP contribution in [0.25, 0.3) is 0 Å². The summed E-state index contributed by atoms with van der Waals surface area (Å²) in [6.07, 6.45) is 22.1. The van der Waals surface area contributed by atoms with Gasteiger partial charge in [-0.25, -0.2) is 0 Å². The number of nitrogens with one attached hydrogen (secondary N) is 2. The Kier molecular flexibility index (Phi) is 17.6. The van der Waals surface area contributed by atoms with Crippen LogP contribution < -0.4 is 20.1 Å². The van der Waals surface area contributed by atoms with Crippen LogP contribution in [0.5, 0.6) is 11.5 Å². The molecule has 3 heterocycles. The van der Waals surface area contributed by atoms with E-state index in [1.807, 2.05) is 24.3 Å². The summed E-state index contributed by atoms with van der Waals surface area (Å²) in [5.74, 6) is 0.904. The Hall–Kier alpha value is -5.05. The minimum atomic E-state index is -0.763. The lowest BCUT2D eigenvalue weighted by atomic mass is 9.92. The van der Waals surface area contributed by atoms with Crippen molar-refractivity contribution >= 4 is 17.6 Å². The second kappa shape index (κ2) is 23.9. The van der Waals surface area contributed by atoms with Gasteiger partial charge in [-0.1, -0.05) is 50.7 Å². The van der Waals surface area contributed by atoms with E-state index in [1.165, 1.54) is 56.3 Å². The number of hydrogen-bond donors (Lipinski definition) is 3. The first-order valence-electron chi connectivity index (χ1n) is 24.2. The van der Waals surface area contributed by atoms with E-state index in [1.54, 1.807) is 45.6 Å². The summed E-state index contributed by atoms with van der Waals surface area (Å²) in [6.45, 7) is 1.00. The van der Waals surface area contributed by atoms with Crippen LogP contribution in [-0.4, -0.2) is 89.6 Å². The third-order valence-corrected chi connectivity index (χ3v) is 13.6. The Morgan fingerprint density at radius 3 is 1.60 bits per heavy atom. The van der Waals surface area contributed by atoms with Crippen LogP contribution in [0.15, 0.2) is 48.5 Å². The molecule has 1 saturated heterocycles. The van der Waals surface area contributed by atoms with Crippen molar-refractivity contribution < 1.29 is 38.4 Å². The number of carbonyl (C=O) groups is 3. The lowest BCUT2D eigenvalue weighted by molar-refractivity contribution is -0.0880. The Balaban J connectivity index is 0.000000168. The average Bonchev–Trinajstić information content (AvgIpc) is 4.14. The Morgan fingerprint density at radius 1 is 0.646 bits per heavy atom. The standard InChI is InChI=1S/C23H31N3O3.C23H29N3O3.C5H10O2/c2*1-29-18-13-11-16(12-14-18)21(27)15-24-23(28)22-19-9-5-6-10-20(19)26(25-22)17-7-3-2-4-8-17;1-6-5-3-2-4-7-5/h11-14,17,21,27H,2-10,15H2,1H3,(H,24,28);11-14,17H,2-10,15H2,1H3,(H,24,28);5H,2-4H2,1H3. The third kappa shape index (κ3) is 12.4. The number of Topliss-reactive ketones (excluding diaryl/α,β-unsaturated/α-hetero) is 1. The van der Waals surface area contributed by atoms with Crippen LogP contribution in [0.1, 0.15) is 180 Å². The zero-order chi connectivity index (χ0) is 45.5. The number of aliphatic hydroxyl groups is 1. The van der Waals surface area contributed by atoms with Crippen molar-refractivity contribution in [2.75, 3.05) is 41.0 Å². The number of methoxy groups -OCH3 is 3. The van der Waals surface area contributed by atoms with Crippen molar-refractivity contribution in [3.05, 3.63) is 93.6 Å². The third-order valence-electron chi connectivity index (χ3n) is 13.6. The molecule has 4 aliphatic carbocycles. The number of fused-ring (bicyclic) bond motifs is 2. The molecule has 4 aromatic rings. The number of hydrogen-bond acceptors (Lipinski definition) is 10. The molecular weight excluding hydrogens is 825 g/mol. The first-order chi connectivity index (χ1) is 31.8. The van der Waals surface area contributed by atoms with Gasteiger partial charge in [0.25, 0.3) is 11.8 Å². The highest BCUT2D eigenvalue weighted by Gasteiger charge is 2.30. The molecule has 1 aliphatic heterocycles. The minimum Gasteiger partial charge on any atom is -0.497 e. The fraction of sp³-hybridized carbons (Fsp3) is 0.588. The molecule has 2 aromatic heterocycles. The molecule has 2 amide bonds. The largest absolute Gasteiger partial charge is 0.497 e. The molecular formula is C51H70N6O8. The van der Waals surface area contributed by atoms with Gasteiger partial charge in [-0.2, -0.15) is 10.2 Å². The Morgan fingerprint density at radius 2 is 1.14 bits per heavy atom. The summed E-state index contributed by atoms with van der Waals surface area (Å²) >= 11 is 0. The van der Waals surface area contributed by atoms with Crippen molar-refractivity contribution in [3.63, 3.8) is 0 Å². The number of carbonyl (C=O) groups excluding carboxylic acids is 3. The summed E-state index contributed by atoms with van der Waals surface area (Å²) < 4.78 is 24.6. The summed E-state index contributed by atoms with van der Waals surface area (Å²) in [7, 11) is 4.87. The van der Waals surface area contributed by atoms with Gasteiger partial charge in [-0.3, -0.25) is 23.7 Å². The smallest absolute Gasteiger partial charge is 0.272 e. The molecule has 0 bridgehead atoms. The summed E-state index contributed by atoms with van der Waals surface area (Å²) in [5.41, 5.74) is 7.12. The highest BCUT2D eigenvalue weighted by atomic mass is 16.7. The second-order valence-electron chi connectivity index (χ2n) is 17.9. The topological polar surface area (TPSA) is 168 Å². The molecule has 2 saturated carbocycles. The summed E-state index contributed by atoms with van der Waals surface area (Å²) in [5, 5.41) is 25.7. The SMILES string of the molecule is COC1CCCO1.COc1ccc(C(=O)CNC(=O)c2nn(C3CCCCC3)c3c2CCCC3)cc1.COc1ccc(C(O)CNC(=O)c2nn(C3CCCCC3)c3c2CCCC3)cc1. The Bertz CT molecular complexity index is 2150.